The SMILES string of the molecule is CCOc1ccc(CCNC(=O)c2ccc3c(c2)nc(C)c(=O)n3Cc2ccccc2)cc1. The minimum atomic E-state index is -0.164. The number of fused-ring (bicyclic) bond motifs is 1. The maximum absolute atomic E-state index is 12.8. The molecule has 168 valence electrons. The Morgan fingerprint density at radius 1 is 1.00 bits per heavy atom. The van der Waals surface area contributed by atoms with E-state index in [-0.39, 0.29) is 11.5 Å². The van der Waals surface area contributed by atoms with Gasteiger partial charge in [0.2, 0.25) is 0 Å². The average molecular weight is 442 g/mol. The van der Waals surface area contributed by atoms with Crippen molar-refractivity contribution in [1.29, 1.82) is 0 Å². The van der Waals surface area contributed by atoms with Gasteiger partial charge in [-0.2, -0.15) is 0 Å². The summed E-state index contributed by atoms with van der Waals surface area (Å²) in [6, 6.07) is 23.0. The van der Waals surface area contributed by atoms with E-state index >= 15 is 0 Å². The fraction of sp³-hybridized carbons (Fsp3) is 0.222. The van der Waals surface area contributed by atoms with E-state index in [1.807, 2.05) is 61.5 Å². The zero-order valence-electron chi connectivity index (χ0n) is 18.9. The molecule has 1 aromatic heterocycles. The van der Waals surface area contributed by atoms with Crippen molar-refractivity contribution in [3.8, 4) is 5.75 Å². The molecule has 1 N–H and O–H groups in total. The van der Waals surface area contributed by atoms with E-state index < -0.39 is 0 Å². The Kier molecular flexibility index (Phi) is 6.83. The van der Waals surface area contributed by atoms with Crippen LogP contribution in [-0.2, 0) is 13.0 Å². The highest BCUT2D eigenvalue weighted by Crippen LogP contribution is 2.16. The second-order valence-electron chi connectivity index (χ2n) is 7.86. The number of nitrogens with one attached hydrogen (secondary N) is 1. The van der Waals surface area contributed by atoms with Crippen LogP contribution in [0, 0.1) is 6.92 Å². The van der Waals surface area contributed by atoms with Gasteiger partial charge >= 0.3 is 0 Å². The first-order chi connectivity index (χ1) is 16.0. The average Bonchev–Trinajstić information content (AvgIpc) is 2.83. The molecule has 0 aliphatic rings. The molecule has 1 heterocycles. The Labute approximate surface area is 192 Å². The Balaban J connectivity index is 1.48. The summed E-state index contributed by atoms with van der Waals surface area (Å²) in [5.41, 5.74) is 4.29. The van der Waals surface area contributed by atoms with Crippen molar-refractivity contribution in [1.82, 2.24) is 14.9 Å². The molecule has 3 aromatic carbocycles. The van der Waals surface area contributed by atoms with E-state index in [1.165, 1.54) is 0 Å². The first-order valence-electron chi connectivity index (χ1n) is 11.1. The van der Waals surface area contributed by atoms with Crippen LogP contribution in [0.3, 0.4) is 0 Å². The standard InChI is InChI=1S/C27H27N3O3/c1-3-33-23-12-9-20(10-13-23)15-16-28-26(31)22-11-14-25-24(17-22)29-19(2)27(32)30(25)18-21-7-5-4-6-8-21/h4-14,17H,3,15-16,18H2,1-2H3,(H,28,31). The molecule has 0 aliphatic carbocycles. The van der Waals surface area contributed by atoms with Crippen LogP contribution in [-0.4, -0.2) is 28.6 Å². The summed E-state index contributed by atoms with van der Waals surface area (Å²) in [5, 5.41) is 2.97. The molecule has 4 rings (SSSR count). The number of aryl methyl sites for hydroxylation is 1. The molecule has 1 amide bonds. The van der Waals surface area contributed by atoms with Crippen LogP contribution in [0.25, 0.3) is 11.0 Å². The van der Waals surface area contributed by atoms with Crippen LogP contribution in [0.1, 0.15) is 34.1 Å². The number of hydrogen-bond acceptors (Lipinski definition) is 4. The number of carbonyl (C=O) groups excluding carboxylic acids is 1. The van der Waals surface area contributed by atoms with Gasteiger partial charge in [0.25, 0.3) is 11.5 Å². The minimum Gasteiger partial charge on any atom is -0.494 e. The molecule has 0 saturated heterocycles. The van der Waals surface area contributed by atoms with Gasteiger partial charge in [-0.3, -0.25) is 9.59 Å². The van der Waals surface area contributed by atoms with E-state index in [0.717, 1.165) is 23.3 Å². The minimum absolute atomic E-state index is 0.126. The molecular formula is C27H27N3O3. The molecule has 0 fully saturated rings. The summed E-state index contributed by atoms with van der Waals surface area (Å²) in [5.74, 6) is 0.679. The molecule has 0 radical (unpaired) electrons. The van der Waals surface area contributed by atoms with Crippen molar-refractivity contribution < 1.29 is 9.53 Å². The quantitative estimate of drug-likeness (QED) is 0.446. The lowest BCUT2D eigenvalue weighted by Gasteiger charge is -2.12. The lowest BCUT2D eigenvalue weighted by Crippen LogP contribution is -2.27. The molecule has 6 nitrogen and oxygen atoms in total. The summed E-state index contributed by atoms with van der Waals surface area (Å²) in [6.45, 7) is 5.26. The third-order valence-corrected chi connectivity index (χ3v) is 5.49. The number of carbonyl (C=O) groups is 1. The number of hydrogen-bond donors (Lipinski definition) is 1. The number of aromatic nitrogens is 2. The number of rotatable bonds is 8. The zero-order valence-corrected chi connectivity index (χ0v) is 18.9. The monoisotopic (exact) mass is 441 g/mol. The van der Waals surface area contributed by atoms with Crippen LogP contribution in [0.15, 0.2) is 77.6 Å². The number of nitrogens with zero attached hydrogens (tertiary/aromatic N) is 2. The number of benzene rings is 3. The summed E-state index contributed by atoms with van der Waals surface area (Å²) >= 11 is 0. The Hall–Kier alpha value is -3.93. The summed E-state index contributed by atoms with van der Waals surface area (Å²) < 4.78 is 7.17. The summed E-state index contributed by atoms with van der Waals surface area (Å²) in [4.78, 5) is 29.9. The van der Waals surface area contributed by atoms with Crippen molar-refractivity contribution in [2.45, 2.75) is 26.8 Å². The van der Waals surface area contributed by atoms with Gasteiger partial charge in [-0.05, 0) is 61.7 Å². The molecule has 4 aromatic rings. The van der Waals surface area contributed by atoms with E-state index in [2.05, 4.69) is 10.3 Å². The molecular weight excluding hydrogens is 414 g/mol. The summed E-state index contributed by atoms with van der Waals surface area (Å²) in [7, 11) is 0. The van der Waals surface area contributed by atoms with E-state index in [1.54, 1.807) is 29.7 Å². The van der Waals surface area contributed by atoms with Crippen molar-refractivity contribution >= 4 is 16.9 Å². The van der Waals surface area contributed by atoms with Crippen LogP contribution in [0.2, 0.25) is 0 Å². The molecule has 0 bridgehead atoms. The fourth-order valence-electron chi connectivity index (χ4n) is 3.78. The van der Waals surface area contributed by atoms with E-state index in [9.17, 15) is 9.59 Å². The van der Waals surface area contributed by atoms with Crippen molar-refractivity contribution in [3.05, 3.63) is 106 Å². The molecule has 33 heavy (non-hydrogen) atoms. The maximum atomic E-state index is 12.8. The molecule has 0 saturated carbocycles. The topological polar surface area (TPSA) is 73.2 Å². The van der Waals surface area contributed by atoms with Gasteiger partial charge in [-0.15, -0.1) is 0 Å². The fourth-order valence-corrected chi connectivity index (χ4v) is 3.78. The van der Waals surface area contributed by atoms with Gasteiger partial charge in [-0.1, -0.05) is 42.5 Å². The Morgan fingerprint density at radius 3 is 2.48 bits per heavy atom. The molecule has 6 heteroatoms. The second-order valence-corrected chi connectivity index (χ2v) is 7.86. The highest BCUT2D eigenvalue weighted by Gasteiger charge is 2.12. The van der Waals surface area contributed by atoms with Crippen LogP contribution < -0.4 is 15.6 Å². The van der Waals surface area contributed by atoms with E-state index in [4.69, 9.17) is 4.74 Å². The third-order valence-electron chi connectivity index (χ3n) is 5.49. The smallest absolute Gasteiger partial charge is 0.272 e. The highest BCUT2D eigenvalue weighted by atomic mass is 16.5. The normalized spacial score (nSPS) is 10.8. The molecule has 0 atom stereocenters. The maximum Gasteiger partial charge on any atom is 0.272 e. The predicted octanol–water partition coefficient (Wildman–Crippen LogP) is 4.12. The lowest BCUT2D eigenvalue weighted by molar-refractivity contribution is 0.0954. The van der Waals surface area contributed by atoms with Gasteiger partial charge in [-0.25, -0.2) is 4.98 Å². The van der Waals surface area contributed by atoms with Gasteiger partial charge in [0.1, 0.15) is 11.4 Å². The van der Waals surface area contributed by atoms with Gasteiger partial charge in [0.05, 0.1) is 24.2 Å². The third kappa shape index (κ3) is 5.29. The predicted molar refractivity (Wildman–Crippen MR) is 130 cm³/mol. The lowest BCUT2D eigenvalue weighted by atomic mass is 10.1. The highest BCUT2D eigenvalue weighted by molar-refractivity contribution is 5.97. The van der Waals surface area contributed by atoms with Crippen molar-refractivity contribution in [3.63, 3.8) is 0 Å². The molecule has 0 aliphatic heterocycles. The summed E-state index contributed by atoms with van der Waals surface area (Å²) in [6.07, 6.45) is 0.722. The number of amides is 1. The zero-order chi connectivity index (χ0) is 23.2. The molecule has 0 unspecified atom stereocenters. The van der Waals surface area contributed by atoms with Crippen molar-refractivity contribution in [2.24, 2.45) is 0 Å². The van der Waals surface area contributed by atoms with Crippen molar-refractivity contribution in [2.75, 3.05) is 13.2 Å². The first-order valence-corrected chi connectivity index (χ1v) is 11.1. The second kappa shape index (κ2) is 10.1. The van der Waals surface area contributed by atoms with E-state index in [0.29, 0.717) is 42.0 Å². The Morgan fingerprint density at radius 2 is 1.76 bits per heavy atom. The molecule has 0 spiro atoms. The van der Waals surface area contributed by atoms with Crippen LogP contribution in [0.4, 0.5) is 0 Å². The largest absolute Gasteiger partial charge is 0.494 e. The van der Waals surface area contributed by atoms with Gasteiger partial charge in [0.15, 0.2) is 0 Å². The Bertz CT molecular complexity index is 1310. The van der Waals surface area contributed by atoms with Crippen LogP contribution >= 0.6 is 0 Å². The van der Waals surface area contributed by atoms with Gasteiger partial charge < -0.3 is 14.6 Å². The number of ether oxygens (including phenoxy) is 1. The van der Waals surface area contributed by atoms with Gasteiger partial charge in [0, 0.05) is 12.1 Å². The first kappa shape index (κ1) is 22.3. The van der Waals surface area contributed by atoms with Crippen LogP contribution in [0.5, 0.6) is 5.75 Å².